The first kappa shape index (κ1) is 17.5. The van der Waals surface area contributed by atoms with Crippen molar-refractivity contribution < 1.29 is 0 Å². The van der Waals surface area contributed by atoms with Crippen LogP contribution >= 0.6 is 0 Å². The van der Waals surface area contributed by atoms with Gasteiger partial charge in [-0.1, -0.05) is 60.7 Å². The molecule has 0 spiro atoms. The SMILES string of the molecule is O=c1n(C/C=C/c2ccccc2)nc([C@H]2CCCNC2)n1-c1ccccc1. The van der Waals surface area contributed by atoms with Gasteiger partial charge in [0.15, 0.2) is 0 Å². The van der Waals surface area contributed by atoms with Crippen LogP contribution < -0.4 is 11.0 Å². The molecule has 2 aromatic carbocycles. The molecule has 1 aromatic heterocycles. The third-order valence-corrected chi connectivity index (χ3v) is 4.93. The van der Waals surface area contributed by atoms with E-state index >= 15 is 0 Å². The lowest BCUT2D eigenvalue weighted by molar-refractivity contribution is 0.440. The molecule has 0 saturated carbocycles. The minimum absolute atomic E-state index is 0.0838. The van der Waals surface area contributed by atoms with E-state index in [2.05, 4.69) is 5.32 Å². The van der Waals surface area contributed by atoms with Crippen molar-refractivity contribution in [3.05, 3.63) is 88.6 Å². The van der Waals surface area contributed by atoms with Crippen molar-refractivity contribution in [1.82, 2.24) is 19.7 Å². The van der Waals surface area contributed by atoms with E-state index in [9.17, 15) is 4.79 Å². The molecule has 1 N–H and O–H groups in total. The summed E-state index contributed by atoms with van der Waals surface area (Å²) in [4.78, 5) is 13.1. The monoisotopic (exact) mass is 360 g/mol. The molecule has 5 nitrogen and oxygen atoms in total. The zero-order chi connectivity index (χ0) is 18.5. The Labute approximate surface area is 159 Å². The van der Waals surface area contributed by atoms with Gasteiger partial charge in [-0.15, -0.1) is 0 Å². The molecule has 1 aliphatic heterocycles. The Hall–Kier alpha value is -2.92. The number of nitrogens with one attached hydrogen (secondary N) is 1. The highest BCUT2D eigenvalue weighted by Gasteiger charge is 2.24. The second-order valence-corrected chi connectivity index (χ2v) is 6.85. The van der Waals surface area contributed by atoms with Crippen molar-refractivity contribution in [1.29, 1.82) is 0 Å². The van der Waals surface area contributed by atoms with Gasteiger partial charge >= 0.3 is 5.69 Å². The van der Waals surface area contributed by atoms with Crippen molar-refractivity contribution in [2.45, 2.75) is 25.3 Å². The third-order valence-electron chi connectivity index (χ3n) is 4.93. The molecule has 1 atom stereocenters. The number of aromatic nitrogens is 3. The topological polar surface area (TPSA) is 51.9 Å². The number of hydrogen-bond acceptors (Lipinski definition) is 3. The van der Waals surface area contributed by atoms with Crippen molar-refractivity contribution in [2.75, 3.05) is 13.1 Å². The number of hydrogen-bond donors (Lipinski definition) is 1. The fourth-order valence-corrected chi connectivity index (χ4v) is 3.55. The summed E-state index contributed by atoms with van der Waals surface area (Å²) >= 11 is 0. The molecule has 27 heavy (non-hydrogen) atoms. The van der Waals surface area contributed by atoms with Gasteiger partial charge in [0.25, 0.3) is 0 Å². The lowest BCUT2D eigenvalue weighted by Gasteiger charge is -2.22. The zero-order valence-electron chi connectivity index (χ0n) is 15.3. The molecule has 1 aliphatic rings. The lowest BCUT2D eigenvalue weighted by Crippen LogP contribution is -2.31. The normalized spacial score (nSPS) is 17.4. The predicted molar refractivity (Wildman–Crippen MR) is 108 cm³/mol. The van der Waals surface area contributed by atoms with Crippen LogP contribution in [0.15, 0.2) is 71.5 Å². The minimum atomic E-state index is -0.0838. The minimum Gasteiger partial charge on any atom is -0.316 e. The molecule has 1 fully saturated rings. The highest BCUT2D eigenvalue weighted by atomic mass is 16.2. The standard InChI is InChI=1S/C22H24N4O/c27-22-25(16-8-11-18-9-3-1-4-10-18)24-21(19-12-7-15-23-17-19)26(22)20-13-5-2-6-14-20/h1-6,8-11,13-14,19,23H,7,12,15-17H2/b11-8+/t19-/m0/s1. The Balaban J connectivity index is 1.67. The molecule has 0 amide bonds. The summed E-state index contributed by atoms with van der Waals surface area (Å²) in [6.45, 7) is 2.36. The Morgan fingerprint density at radius 3 is 2.52 bits per heavy atom. The summed E-state index contributed by atoms with van der Waals surface area (Å²) in [7, 11) is 0. The third kappa shape index (κ3) is 3.93. The fourth-order valence-electron chi connectivity index (χ4n) is 3.55. The maximum Gasteiger partial charge on any atom is 0.350 e. The Morgan fingerprint density at radius 2 is 1.81 bits per heavy atom. The quantitative estimate of drug-likeness (QED) is 0.760. The molecule has 0 bridgehead atoms. The molecule has 5 heteroatoms. The van der Waals surface area contributed by atoms with E-state index in [-0.39, 0.29) is 11.6 Å². The molecule has 3 aromatic rings. The average Bonchev–Trinajstić information content (AvgIpc) is 3.06. The number of rotatable bonds is 5. The van der Waals surface area contributed by atoms with Gasteiger partial charge in [0.1, 0.15) is 5.82 Å². The number of para-hydroxylation sites is 1. The second-order valence-electron chi connectivity index (χ2n) is 6.85. The molecule has 0 unspecified atom stereocenters. The molecule has 1 saturated heterocycles. The zero-order valence-corrected chi connectivity index (χ0v) is 15.3. The fraction of sp³-hybridized carbons (Fsp3) is 0.273. The van der Waals surface area contributed by atoms with Crippen LogP contribution in [-0.2, 0) is 6.54 Å². The summed E-state index contributed by atoms with van der Waals surface area (Å²) in [5, 5.41) is 8.14. The van der Waals surface area contributed by atoms with Crippen LogP contribution in [0.3, 0.4) is 0 Å². The molecule has 138 valence electrons. The summed E-state index contributed by atoms with van der Waals surface area (Å²) in [6, 6.07) is 19.9. The predicted octanol–water partition coefficient (Wildman–Crippen LogP) is 3.21. The first-order valence-corrected chi connectivity index (χ1v) is 9.50. The number of nitrogens with zero attached hydrogens (tertiary/aromatic N) is 3. The molecular formula is C22H24N4O. The van der Waals surface area contributed by atoms with Gasteiger partial charge < -0.3 is 5.32 Å². The molecule has 4 rings (SSSR count). The number of benzene rings is 2. The van der Waals surface area contributed by atoms with Crippen molar-refractivity contribution >= 4 is 6.08 Å². The second kappa shape index (κ2) is 8.18. The summed E-state index contributed by atoms with van der Waals surface area (Å²) < 4.78 is 3.34. The summed E-state index contributed by atoms with van der Waals surface area (Å²) in [5.74, 6) is 1.11. The van der Waals surface area contributed by atoms with Gasteiger partial charge in [-0.25, -0.2) is 14.0 Å². The lowest BCUT2D eigenvalue weighted by atomic mass is 9.99. The van der Waals surface area contributed by atoms with E-state index in [4.69, 9.17) is 5.10 Å². The maximum absolute atomic E-state index is 13.1. The van der Waals surface area contributed by atoms with Gasteiger partial charge in [0.05, 0.1) is 12.2 Å². The van der Waals surface area contributed by atoms with Crippen LogP contribution in [-0.4, -0.2) is 27.4 Å². The summed E-state index contributed by atoms with van der Waals surface area (Å²) in [6.07, 6.45) is 6.17. The Bertz CT molecular complexity index is 951. The van der Waals surface area contributed by atoms with Crippen LogP contribution in [0.2, 0.25) is 0 Å². The Kier molecular flexibility index (Phi) is 5.30. The van der Waals surface area contributed by atoms with Crippen LogP contribution in [0, 0.1) is 0 Å². The van der Waals surface area contributed by atoms with Crippen LogP contribution in [0.4, 0.5) is 0 Å². The first-order chi connectivity index (χ1) is 13.3. The van der Waals surface area contributed by atoms with Gasteiger partial charge in [0, 0.05) is 12.5 Å². The van der Waals surface area contributed by atoms with Gasteiger partial charge in [-0.05, 0) is 37.1 Å². The van der Waals surface area contributed by atoms with E-state index in [1.807, 2.05) is 72.8 Å². The smallest absolute Gasteiger partial charge is 0.316 e. The molecule has 0 radical (unpaired) electrons. The highest BCUT2D eigenvalue weighted by Crippen LogP contribution is 2.22. The van der Waals surface area contributed by atoms with E-state index in [1.54, 1.807) is 9.25 Å². The van der Waals surface area contributed by atoms with Gasteiger partial charge in [0.2, 0.25) is 0 Å². The largest absolute Gasteiger partial charge is 0.350 e. The van der Waals surface area contributed by atoms with Crippen molar-refractivity contribution in [3.63, 3.8) is 0 Å². The van der Waals surface area contributed by atoms with E-state index in [1.165, 1.54) is 0 Å². The Morgan fingerprint density at radius 1 is 1.07 bits per heavy atom. The number of piperidine rings is 1. The van der Waals surface area contributed by atoms with Crippen molar-refractivity contribution in [2.24, 2.45) is 0 Å². The van der Waals surface area contributed by atoms with Crippen LogP contribution in [0.1, 0.15) is 30.1 Å². The van der Waals surface area contributed by atoms with Crippen LogP contribution in [0.25, 0.3) is 11.8 Å². The van der Waals surface area contributed by atoms with Crippen molar-refractivity contribution in [3.8, 4) is 5.69 Å². The molecular weight excluding hydrogens is 336 g/mol. The maximum atomic E-state index is 13.1. The van der Waals surface area contributed by atoms with E-state index < -0.39 is 0 Å². The van der Waals surface area contributed by atoms with Gasteiger partial charge in [-0.2, -0.15) is 5.10 Å². The number of allylic oxidation sites excluding steroid dienone is 1. The van der Waals surface area contributed by atoms with Gasteiger partial charge in [-0.3, -0.25) is 0 Å². The molecule has 2 heterocycles. The van der Waals surface area contributed by atoms with E-state index in [0.717, 1.165) is 43.0 Å². The molecule has 0 aliphatic carbocycles. The van der Waals surface area contributed by atoms with Crippen LogP contribution in [0.5, 0.6) is 0 Å². The van der Waals surface area contributed by atoms with E-state index in [0.29, 0.717) is 6.54 Å². The highest BCUT2D eigenvalue weighted by molar-refractivity contribution is 5.48. The average molecular weight is 360 g/mol. The summed E-state index contributed by atoms with van der Waals surface area (Å²) in [5.41, 5.74) is 1.91. The first-order valence-electron chi connectivity index (χ1n) is 9.50.